The highest BCUT2D eigenvalue weighted by atomic mass is 16.7. The van der Waals surface area contributed by atoms with E-state index >= 15 is 0 Å². The van der Waals surface area contributed by atoms with Crippen molar-refractivity contribution in [2.45, 2.75) is 43.7 Å². The molecule has 5 heterocycles. The molecule has 0 aliphatic carbocycles. The topological polar surface area (TPSA) is 45.3 Å². The number of hydrogen-bond acceptors (Lipinski definition) is 5. The highest BCUT2D eigenvalue weighted by Gasteiger charge is 2.54. The number of carbonyl (C=O) groups is 1. The van der Waals surface area contributed by atoms with E-state index in [9.17, 15) is 4.79 Å². The molecule has 1 aromatic rings. The van der Waals surface area contributed by atoms with Gasteiger partial charge in [0.25, 0.3) is 0 Å². The Balaban J connectivity index is 1.36. The Morgan fingerprint density at radius 2 is 1.93 bits per heavy atom. The van der Waals surface area contributed by atoms with Gasteiger partial charge in [0.1, 0.15) is 5.75 Å². The number of likely N-dealkylation sites (tertiary alicyclic amines) is 1. The Morgan fingerprint density at radius 1 is 1.14 bits per heavy atom. The summed E-state index contributed by atoms with van der Waals surface area (Å²) in [6, 6.07) is 9.33. The Labute approximate surface area is 167 Å². The summed E-state index contributed by atoms with van der Waals surface area (Å²) < 4.78 is 5.34. The largest absolute Gasteiger partial charge is 0.497 e. The molecule has 6 rings (SSSR count). The molecule has 2 bridgehead atoms. The summed E-state index contributed by atoms with van der Waals surface area (Å²) in [7, 11) is 1.71. The number of benzene rings is 1. The minimum Gasteiger partial charge on any atom is -0.497 e. The lowest BCUT2D eigenvalue weighted by atomic mass is 9.75. The molecule has 5 aliphatic rings. The molecule has 1 amide bonds. The molecule has 0 unspecified atom stereocenters. The monoisotopic (exact) mass is 385 g/mol. The van der Waals surface area contributed by atoms with Gasteiger partial charge in [0.05, 0.1) is 19.8 Å². The van der Waals surface area contributed by atoms with E-state index in [0.717, 1.165) is 31.9 Å². The molecule has 5 fully saturated rings. The zero-order valence-electron chi connectivity index (χ0n) is 16.8. The molecule has 0 spiro atoms. The Morgan fingerprint density at radius 3 is 2.61 bits per heavy atom. The highest BCUT2D eigenvalue weighted by molar-refractivity contribution is 5.77. The summed E-state index contributed by atoms with van der Waals surface area (Å²) in [5, 5.41) is 1.96. The number of methoxy groups -OCH3 is 1. The van der Waals surface area contributed by atoms with Crippen LogP contribution in [0.4, 0.5) is 0 Å². The average Bonchev–Trinajstić information content (AvgIpc) is 3.42. The van der Waals surface area contributed by atoms with Crippen LogP contribution >= 0.6 is 0 Å². The fourth-order valence-electron chi connectivity index (χ4n) is 5.89. The van der Waals surface area contributed by atoms with Crippen molar-refractivity contribution < 1.29 is 14.4 Å². The first-order valence-electron chi connectivity index (χ1n) is 10.8. The number of amides is 1. The number of rotatable bonds is 5. The summed E-state index contributed by atoms with van der Waals surface area (Å²) in [6.07, 6.45) is 4.09. The first-order chi connectivity index (χ1) is 13.7. The van der Waals surface area contributed by atoms with Crippen LogP contribution in [0.5, 0.6) is 5.75 Å². The summed E-state index contributed by atoms with van der Waals surface area (Å²) in [6.45, 7) is 5.66. The van der Waals surface area contributed by atoms with E-state index < -0.39 is 0 Å². The van der Waals surface area contributed by atoms with Gasteiger partial charge in [-0.15, -0.1) is 0 Å². The van der Waals surface area contributed by atoms with E-state index in [1.165, 1.54) is 31.5 Å². The van der Waals surface area contributed by atoms with E-state index in [0.29, 0.717) is 42.8 Å². The van der Waals surface area contributed by atoms with E-state index in [4.69, 9.17) is 9.57 Å². The van der Waals surface area contributed by atoms with E-state index in [-0.39, 0.29) is 0 Å². The SMILES string of the molecule is COc1ccc([C@@H]2CN(C(=O)CCN3CCCO3)[C@@H]3C4CCN(CC4)[C@@H]32)cc1. The first-order valence-corrected chi connectivity index (χ1v) is 10.8. The molecule has 3 atom stereocenters. The standard InChI is InChI=1S/C22H31N3O3/c1-27-18-5-3-16(4-6-18)19-15-25(20(26)9-13-24-10-2-14-28-24)21-17-7-11-23(12-8-17)22(19)21/h3-6,17,19,21-22H,2,7-15H2,1H3/t19-,21+,22+/m0/s1. The van der Waals surface area contributed by atoms with Crippen molar-refractivity contribution in [3.8, 4) is 5.75 Å². The van der Waals surface area contributed by atoms with Crippen molar-refractivity contribution in [1.29, 1.82) is 0 Å². The summed E-state index contributed by atoms with van der Waals surface area (Å²) in [5.74, 6) is 2.24. The molecule has 5 saturated heterocycles. The van der Waals surface area contributed by atoms with Gasteiger partial charge < -0.3 is 9.64 Å². The second-order valence-corrected chi connectivity index (χ2v) is 8.65. The van der Waals surface area contributed by atoms with Gasteiger partial charge in [-0.25, -0.2) is 0 Å². The van der Waals surface area contributed by atoms with Gasteiger partial charge in [-0.1, -0.05) is 12.1 Å². The van der Waals surface area contributed by atoms with Crippen molar-refractivity contribution >= 4 is 5.91 Å². The van der Waals surface area contributed by atoms with Crippen LogP contribution < -0.4 is 4.74 Å². The van der Waals surface area contributed by atoms with Crippen molar-refractivity contribution in [3.63, 3.8) is 0 Å². The number of hydroxylamine groups is 2. The second-order valence-electron chi connectivity index (χ2n) is 8.65. The maximum atomic E-state index is 13.2. The van der Waals surface area contributed by atoms with Crippen LogP contribution in [-0.4, -0.2) is 79.3 Å². The van der Waals surface area contributed by atoms with Crippen LogP contribution in [-0.2, 0) is 9.63 Å². The molecular weight excluding hydrogens is 354 g/mol. The molecule has 1 aromatic carbocycles. The maximum absolute atomic E-state index is 13.2. The Bertz CT molecular complexity index is 695. The first kappa shape index (κ1) is 18.4. The lowest BCUT2D eigenvalue weighted by Crippen LogP contribution is -2.60. The molecule has 6 nitrogen and oxygen atoms in total. The molecule has 0 N–H and O–H groups in total. The van der Waals surface area contributed by atoms with Gasteiger partial charge in [0.15, 0.2) is 0 Å². The van der Waals surface area contributed by atoms with E-state index in [2.05, 4.69) is 34.1 Å². The third-order valence-corrected chi connectivity index (χ3v) is 7.26. The van der Waals surface area contributed by atoms with Crippen LogP contribution in [0.1, 0.15) is 37.2 Å². The van der Waals surface area contributed by atoms with Gasteiger partial charge in [-0.05, 0) is 56.0 Å². The van der Waals surface area contributed by atoms with Crippen molar-refractivity contribution in [1.82, 2.24) is 14.9 Å². The van der Waals surface area contributed by atoms with Gasteiger partial charge in [-0.2, -0.15) is 5.06 Å². The van der Waals surface area contributed by atoms with Crippen molar-refractivity contribution in [2.75, 3.05) is 46.4 Å². The third-order valence-electron chi connectivity index (χ3n) is 7.26. The molecule has 5 aliphatic heterocycles. The lowest BCUT2D eigenvalue weighted by Gasteiger charge is -2.51. The average molecular weight is 386 g/mol. The molecule has 6 heteroatoms. The Kier molecular flexibility index (Phi) is 5.03. The maximum Gasteiger partial charge on any atom is 0.224 e. The van der Waals surface area contributed by atoms with Gasteiger partial charge >= 0.3 is 0 Å². The fourth-order valence-corrected chi connectivity index (χ4v) is 5.89. The van der Waals surface area contributed by atoms with E-state index in [1.807, 2.05) is 5.06 Å². The number of nitrogens with zero attached hydrogens (tertiary/aromatic N) is 3. The van der Waals surface area contributed by atoms with Crippen molar-refractivity contribution in [2.24, 2.45) is 5.92 Å². The molecule has 152 valence electrons. The van der Waals surface area contributed by atoms with Gasteiger partial charge in [-0.3, -0.25) is 14.5 Å². The zero-order chi connectivity index (χ0) is 19.1. The van der Waals surface area contributed by atoms with Crippen LogP contribution in [0, 0.1) is 5.92 Å². The number of piperidine rings is 3. The third kappa shape index (κ3) is 3.21. The smallest absolute Gasteiger partial charge is 0.224 e. The lowest BCUT2D eigenvalue weighted by molar-refractivity contribution is -0.142. The molecular formula is C22H31N3O3. The normalized spacial score (nSPS) is 34.6. The van der Waals surface area contributed by atoms with Crippen LogP contribution in [0.2, 0.25) is 0 Å². The van der Waals surface area contributed by atoms with Crippen LogP contribution in [0.15, 0.2) is 24.3 Å². The molecule has 0 saturated carbocycles. The van der Waals surface area contributed by atoms with Gasteiger partial charge in [0, 0.05) is 38.0 Å². The molecule has 0 aromatic heterocycles. The molecule has 0 radical (unpaired) electrons. The quantitative estimate of drug-likeness (QED) is 0.777. The Hall–Kier alpha value is -1.63. The highest BCUT2D eigenvalue weighted by Crippen LogP contribution is 2.46. The predicted molar refractivity (Wildman–Crippen MR) is 106 cm³/mol. The zero-order valence-corrected chi connectivity index (χ0v) is 16.8. The second kappa shape index (κ2) is 7.65. The van der Waals surface area contributed by atoms with Crippen molar-refractivity contribution in [3.05, 3.63) is 29.8 Å². The number of carbonyl (C=O) groups excluding carboxylic acids is 1. The van der Waals surface area contributed by atoms with Crippen LogP contribution in [0.25, 0.3) is 0 Å². The summed E-state index contributed by atoms with van der Waals surface area (Å²) in [5.41, 5.74) is 1.33. The summed E-state index contributed by atoms with van der Waals surface area (Å²) >= 11 is 0. The number of hydrogen-bond donors (Lipinski definition) is 0. The predicted octanol–water partition coefficient (Wildman–Crippen LogP) is 2.11. The number of ether oxygens (including phenoxy) is 1. The van der Waals surface area contributed by atoms with Crippen LogP contribution in [0.3, 0.4) is 0 Å². The summed E-state index contributed by atoms with van der Waals surface area (Å²) in [4.78, 5) is 23.7. The minimum absolute atomic E-state index is 0.301. The van der Waals surface area contributed by atoms with Gasteiger partial charge in [0.2, 0.25) is 5.91 Å². The fraction of sp³-hybridized carbons (Fsp3) is 0.682. The molecule has 28 heavy (non-hydrogen) atoms. The number of fused-ring (bicyclic) bond motifs is 2. The minimum atomic E-state index is 0.301. The van der Waals surface area contributed by atoms with E-state index in [1.54, 1.807) is 7.11 Å².